The number of morpholine rings is 1. The molecule has 2 aliphatic heterocycles. The predicted octanol–water partition coefficient (Wildman–Crippen LogP) is 3.24. The zero-order chi connectivity index (χ0) is 21.9. The van der Waals surface area contributed by atoms with Crippen molar-refractivity contribution in [1.29, 1.82) is 0 Å². The largest absolute Gasteiger partial charge is 0.378 e. The van der Waals surface area contributed by atoms with Gasteiger partial charge in [0.1, 0.15) is 17.5 Å². The monoisotopic (exact) mass is 432 g/mol. The van der Waals surface area contributed by atoms with Crippen LogP contribution in [0.3, 0.4) is 0 Å². The predicted molar refractivity (Wildman–Crippen MR) is 119 cm³/mol. The van der Waals surface area contributed by atoms with Crippen LogP contribution < -0.4 is 4.90 Å². The van der Waals surface area contributed by atoms with Crippen molar-refractivity contribution in [2.45, 2.75) is 19.4 Å². The maximum atomic E-state index is 13.7. The third kappa shape index (κ3) is 4.34. The second kappa shape index (κ2) is 9.04. The van der Waals surface area contributed by atoms with Gasteiger partial charge < -0.3 is 14.5 Å². The molecule has 2 aromatic carbocycles. The molecule has 1 aromatic heterocycles. The summed E-state index contributed by atoms with van der Waals surface area (Å²) < 4.78 is 19.2. The summed E-state index contributed by atoms with van der Waals surface area (Å²) in [5, 5.41) is 0. The van der Waals surface area contributed by atoms with Crippen LogP contribution in [0.15, 0.2) is 54.6 Å². The molecule has 6 nitrogen and oxygen atoms in total. The number of ether oxygens (including phenoxy) is 1. The van der Waals surface area contributed by atoms with Gasteiger partial charge in [0, 0.05) is 43.6 Å². The van der Waals surface area contributed by atoms with Crippen LogP contribution in [-0.4, -0.2) is 53.6 Å². The molecular formula is C25H25FN4O2. The molecule has 32 heavy (non-hydrogen) atoms. The van der Waals surface area contributed by atoms with Gasteiger partial charge in [-0.25, -0.2) is 14.4 Å². The molecule has 2 aliphatic rings. The quantitative estimate of drug-likeness (QED) is 0.634. The van der Waals surface area contributed by atoms with E-state index in [0.29, 0.717) is 50.5 Å². The van der Waals surface area contributed by atoms with Crippen molar-refractivity contribution in [3.05, 3.63) is 88.6 Å². The first-order valence-electron chi connectivity index (χ1n) is 11.0. The number of amides is 1. The Balaban J connectivity index is 1.47. The summed E-state index contributed by atoms with van der Waals surface area (Å²) in [7, 11) is 0. The van der Waals surface area contributed by atoms with E-state index in [1.165, 1.54) is 12.1 Å². The first kappa shape index (κ1) is 20.6. The van der Waals surface area contributed by atoms with E-state index in [-0.39, 0.29) is 11.7 Å². The molecule has 0 N–H and O–H groups in total. The van der Waals surface area contributed by atoms with Crippen LogP contribution in [0.5, 0.6) is 0 Å². The molecule has 0 spiro atoms. The zero-order valence-corrected chi connectivity index (χ0v) is 17.8. The number of halogens is 1. The van der Waals surface area contributed by atoms with Gasteiger partial charge in [0.05, 0.1) is 25.5 Å². The fourth-order valence-electron chi connectivity index (χ4n) is 4.33. The van der Waals surface area contributed by atoms with Crippen molar-refractivity contribution in [1.82, 2.24) is 14.9 Å². The SMILES string of the molecule is O=C(c1ccccc1)N1CCc2nc(Cc3cccc(F)c3)nc(N3CCOCC3)c2C1. The number of aromatic nitrogens is 2. The van der Waals surface area contributed by atoms with Crippen LogP contribution in [0.4, 0.5) is 10.2 Å². The summed E-state index contributed by atoms with van der Waals surface area (Å²) in [5.41, 5.74) is 3.51. The minimum atomic E-state index is -0.260. The van der Waals surface area contributed by atoms with Crippen molar-refractivity contribution < 1.29 is 13.9 Å². The second-order valence-electron chi connectivity index (χ2n) is 8.14. The van der Waals surface area contributed by atoms with Crippen molar-refractivity contribution in [2.75, 3.05) is 37.7 Å². The van der Waals surface area contributed by atoms with Gasteiger partial charge in [0.2, 0.25) is 0 Å². The minimum Gasteiger partial charge on any atom is -0.378 e. The average Bonchev–Trinajstić information content (AvgIpc) is 2.84. The van der Waals surface area contributed by atoms with Gasteiger partial charge in [-0.2, -0.15) is 0 Å². The second-order valence-corrected chi connectivity index (χ2v) is 8.14. The molecule has 3 aromatic rings. The standard InChI is InChI=1S/C25H25FN4O2/c26-20-8-4-5-18(15-20)16-23-27-22-9-10-30(25(31)19-6-2-1-3-7-19)17-21(22)24(28-23)29-11-13-32-14-12-29/h1-8,15H,9-14,16-17H2. The van der Waals surface area contributed by atoms with E-state index < -0.39 is 0 Å². The Morgan fingerprint density at radius 3 is 2.59 bits per heavy atom. The number of fused-ring (bicyclic) bond motifs is 1. The summed E-state index contributed by atoms with van der Waals surface area (Å²) in [6.07, 6.45) is 1.14. The van der Waals surface area contributed by atoms with E-state index in [0.717, 1.165) is 35.7 Å². The molecule has 164 valence electrons. The van der Waals surface area contributed by atoms with Crippen molar-refractivity contribution >= 4 is 11.7 Å². The number of anilines is 1. The number of hydrogen-bond donors (Lipinski definition) is 0. The van der Waals surface area contributed by atoms with Crippen molar-refractivity contribution in [3.63, 3.8) is 0 Å². The Morgan fingerprint density at radius 1 is 1.00 bits per heavy atom. The van der Waals surface area contributed by atoms with Gasteiger partial charge in [-0.1, -0.05) is 30.3 Å². The highest BCUT2D eigenvalue weighted by molar-refractivity contribution is 5.94. The number of rotatable bonds is 4. The fourth-order valence-corrected chi connectivity index (χ4v) is 4.33. The number of nitrogens with zero attached hydrogens (tertiary/aromatic N) is 4. The molecule has 5 rings (SSSR count). The van der Waals surface area contributed by atoms with Gasteiger partial charge in [-0.3, -0.25) is 4.79 Å². The summed E-state index contributed by atoms with van der Waals surface area (Å²) in [5.74, 6) is 1.31. The lowest BCUT2D eigenvalue weighted by atomic mass is 10.0. The highest BCUT2D eigenvalue weighted by atomic mass is 19.1. The third-order valence-electron chi connectivity index (χ3n) is 5.95. The number of carbonyl (C=O) groups is 1. The highest BCUT2D eigenvalue weighted by Crippen LogP contribution is 2.29. The Bertz CT molecular complexity index is 1120. The molecule has 0 unspecified atom stereocenters. The molecule has 3 heterocycles. The summed E-state index contributed by atoms with van der Waals surface area (Å²) in [4.78, 5) is 26.9. The molecule has 0 radical (unpaired) electrons. The van der Waals surface area contributed by atoms with Gasteiger partial charge in [-0.05, 0) is 29.8 Å². The van der Waals surface area contributed by atoms with E-state index in [2.05, 4.69) is 4.90 Å². The number of benzene rings is 2. The minimum absolute atomic E-state index is 0.0213. The number of carbonyl (C=O) groups excluding carboxylic acids is 1. The van der Waals surface area contributed by atoms with E-state index >= 15 is 0 Å². The highest BCUT2D eigenvalue weighted by Gasteiger charge is 2.28. The zero-order valence-electron chi connectivity index (χ0n) is 17.8. The average molecular weight is 432 g/mol. The topological polar surface area (TPSA) is 58.6 Å². The molecule has 1 amide bonds. The van der Waals surface area contributed by atoms with Crippen LogP contribution in [0.2, 0.25) is 0 Å². The van der Waals surface area contributed by atoms with Crippen LogP contribution >= 0.6 is 0 Å². The van der Waals surface area contributed by atoms with E-state index in [9.17, 15) is 9.18 Å². The molecule has 1 fully saturated rings. The Labute approximate surface area is 186 Å². The van der Waals surface area contributed by atoms with Gasteiger partial charge in [0.15, 0.2) is 0 Å². The molecule has 7 heteroatoms. The lowest BCUT2D eigenvalue weighted by Crippen LogP contribution is -2.41. The van der Waals surface area contributed by atoms with Crippen LogP contribution in [0.1, 0.15) is 33.0 Å². The third-order valence-corrected chi connectivity index (χ3v) is 5.95. The molecule has 0 aliphatic carbocycles. The van der Waals surface area contributed by atoms with E-state index in [1.807, 2.05) is 41.3 Å². The normalized spacial score (nSPS) is 16.0. The van der Waals surface area contributed by atoms with Gasteiger partial charge in [-0.15, -0.1) is 0 Å². The maximum Gasteiger partial charge on any atom is 0.254 e. The maximum absolute atomic E-state index is 13.7. The Hall–Kier alpha value is -3.32. The molecular weight excluding hydrogens is 407 g/mol. The first-order valence-corrected chi connectivity index (χ1v) is 11.0. The van der Waals surface area contributed by atoms with Crippen molar-refractivity contribution in [3.8, 4) is 0 Å². The van der Waals surface area contributed by atoms with Crippen LogP contribution in [0, 0.1) is 5.82 Å². The lowest BCUT2D eigenvalue weighted by Gasteiger charge is -2.34. The smallest absolute Gasteiger partial charge is 0.254 e. The molecule has 0 atom stereocenters. The Kier molecular flexibility index (Phi) is 5.81. The first-order chi connectivity index (χ1) is 15.7. The van der Waals surface area contributed by atoms with E-state index in [1.54, 1.807) is 6.07 Å². The van der Waals surface area contributed by atoms with Gasteiger partial charge in [0.25, 0.3) is 5.91 Å². The summed E-state index contributed by atoms with van der Waals surface area (Å²) in [6.45, 7) is 3.87. The van der Waals surface area contributed by atoms with E-state index in [4.69, 9.17) is 14.7 Å². The van der Waals surface area contributed by atoms with Gasteiger partial charge >= 0.3 is 0 Å². The van der Waals surface area contributed by atoms with Crippen LogP contribution in [0.25, 0.3) is 0 Å². The number of hydrogen-bond acceptors (Lipinski definition) is 5. The molecule has 0 bridgehead atoms. The van der Waals surface area contributed by atoms with Crippen molar-refractivity contribution in [2.24, 2.45) is 0 Å². The summed E-state index contributed by atoms with van der Waals surface area (Å²) in [6, 6.07) is 15.9. The van der Waals surface area contributed by atoms with Crippen LogP contribution in [-0.2, 0) is 24.1 Å². The summed E-state index contributed by atoms with van der Waals surface area (Å²) >= 11 is 0. The molecule has 0 saturated carbocycles. The fraction of sp³-hybridized carbons (Fsp3) is 0.320. The lowest BCUT2D eigenvalue weighted by molar-refractivity contribution is 0.0733. The Morgan fingerprint density at radius 2 is 1.81 bits per heavy atom. The molecule has 1 saturated heterocycles.